The third kappa shape index (κ3) is 4.07. The Morgan fingerprint density at radius 3 is 2.71 bits per heavy atom. The van der Waals surface area contributed by atoms with Crippen LogP contribution in [0.1, 0.15) is 27.8 Å². The predicted octanol–water partition coefficient (Wildman–Crippen LogP) is 5.33. The Morgan fingerprint density at radius 1 is 1.04 bits per heavy atom. The molecule has 0 radical (unpaired) electrons. The van der Waals surface area contributed by atoms with Gasteiger partial charge in [-0.2, -0.15) is 5.26 Å². The third-order valence-electron chi connectivity index (χ3n) is 4.83. The highest BCUT2D eigenvalue weighted by molar-refractivity contribution is 5.58. The zero-order valence-corrected chi connectivity index (χ0v) is 15.6. The average Bonchev–Trinajstić information content (AvgIpc) is 3.20. The SMILES string of the molecule is N#Cc1ccccc1/C=C/Cc1cc2c(cc1OCc1ccccc1)CCO2. The Labute approximate surface area is 165 Å². The summed E-state index contributed by atoms with van der Waals surface area (Å²) in [5.41, 5.74) is 5.03. The Hall–Kier alpha value is -3.51. The maximum atomic E-state index is 9.24. The first-order chi connectivity index (χ1) is 13.8. The number of rotatable bonds is 6. The first-order valence-electron chi connectivity index (χ1n) is 9.44. The van der Waals surface area contributed by atoms with Crippen molar-refractivity contribution < 1.29 is 9.47 Å². The van der Waals surface area contributed by atoms with Crippen molar-refractivity contribution in [1.82, 2.24) is 0 Å². The van der Waals surface area contributed by atoms with E-state index in [1.165, 1.54) is 5.56 Å². The summed E-state index contributed by atoms with van der Waals surface area (Å²) < 4.78 is 11.9. The molecule has 0 aromatic heterocycles. The van der Waals surface area contributed by atoms with Crippen LogP contribution in [0.15, 0.2) is 72.8 Å². The van der Waals surface area contributed by atoms with E-state index in [0.29, 0.717) is 18.6 Å². The van der Waals surface area contributed by atoms with E-state index in [2.05, 4.69) is 36.4 Å². The van der Waals surface area contributed by atoms with E-state index in [4.69, 9.17) is 9.47 Å². The van der Waals surface area contributed by atoms with E-state index in [1.54, 1.807) is 0 Å². The summed E-state index contributed by atoms with van der Waals surface area (Å²) in [7, 11) is 0. The first kappa shape index (κ1) is 17.9. The topological polar surface area (TPSA) is 42.2 Å². The number of benzene rings is 3. The van der Waals surface area contributed by atoms with Gasteiger partial charge >= 0.3 is 0 Å². The molecule has 0 N–H and O–H groups in total. The van der Waals surface area contributed by atoms with Crippen LogP contribution in [0.2, 0.25) is 0 Å². The predicted molar refractivity (Wildman–Crippen MR) is 110 cm³/mol. The van der Waals surface area contributed by atoms with E-state index in [-0.39, 0.29) is 0 Å². The van der Waals surface area contributed by atoms with Gasteiger partial charge in [0.05, 0.1) is 18.2 Å². The molecule has 0 aliphatic carbocycles. The summed E-state index contributed by atoms with van der Waals surface area (Å²) in [6.07, 6.45) is 5.69. The molecule has 0 saturated heterocycles. The van der Waals surface area contributed by atoms with Crippen LogP contribution in [-0.4, -0.2) is 6.61 Å². The quantitative estimate of drug-likeness (QED) is 0.591. The van der Waals surface area contributed by atoms with E-state index >= 15 is 0 Å². The number of fused-ring (bicyclic) bond motifs is 1. The van der Waals surface area contributed by atoms with E-state index < -0.39 is 0 Å². The van der Waals surface area contributed by atoms with Crippen molar-refractivity contribution in [3.05, 3.63) is 101 Å². The van der Waals surface area contributed by atoms with Gasteiger partial charge in [0, 0.05) is 17.5 Å². The van der Waals surface area contributed by atoms with Gasteiger partial charge in [-0.15, -0.1) is 0 Å². The van der Waals surface area contributed by atoms with Crippen LogP contribution in [-0.2, 0) is 19.4 Å². The van der Waals surface area contributed by atoms with Crippen molar-refractivity contribution in [2.75, 3.05) is 6.61 Å². The second kappa shape index (κ2) is 8.45. The molecule has 0 fully saturated rings. The standard InChI is InChI=1S/C25H21NO2/c26-17-23-10-5-4-9-20(23)11-6-12-21-15-24-22(13-14-27-24)16-25(21)28-18-19-7-2-1-3-8-19/h1-11,15-16H,12-14,18H2/b11-6+. The molecule has 28 heavy (non-hydrogen) atoms. The number of ether oxygens (including phenoxy) is 2. The first-order valence-corrected chi connectivity index (χ1v) is 9.44. The van der Waals surface area contributed by atoms with Crippen LogP contribution in [0.25, 0.3) is 6.08 Å². The fourth-order valence-electron chi connectivity index (χ4n) is 3.33. The minimum atomic E-state index is 0.536. The molecule has 0 bridgehead atoms. The molecule has 0 unspecified atom stereocenters. The van der Waals surface area contributed by atoms with Gasteiger partial charge in [0.15, 0.2) is 0 Å². The number of hydrogen-bond acceptors (Lipinski definition) is 3. The van der Waals surface area contributed by atoms with Crippen molar-refractivity contribution >= 4 is 6.08 Å². The number of allylic oxidation sites excluding steroid dienone is 1. The lowest BCUT2D eigenvalue weighted by atomic mass is 10.0. The molecule has 0 amide bonds. The molecule has 0 atom stereocenters. The summed E-state index contributed by atoms with van der Waals surface area (Å²) in [5, 5.41) is 9.24. The lowest BCUT2D eigenvalue weighted by molar-refractivity contribution is 0.303. The van der Waals surface area contributed by atoms with Crippen molar-refractivity contribution in [1.29, 1.82) is 5.26 Å². The van der Waals surface area contributed by atoms with E-state index in [1.807, 2.05) is 48.5 Å². The van der Waals surface area contributed by atoms with E-state index in [9.17, 15) is 5.26 Å². The van der Waals surface area contributed by atoms with E-state index in [0.717, 1.165) is 41.2 Å². The molecule has 3 heteroatoms. The molecule has 3 aromatic carbocycles. The number of nitrogens with zero attached hydrogens (tertiary/aromatic N) is 1. The highest BCUT2D eigenvalue weighted by atomic mass is 16.5. The number of nitriles is 1. The molecule has 3 nitrogen and oxygen atoms in total. The van der Waals surface area contributed by atoms with Crippen LogP contribution < -0.4 is 9.47 Å². The smallest absolute Gasteiger partial charge is 0.123 e. The summed E-state index contributed by atoms with van der Waals surface area (Å²) in [6.45, 7) is 1.26. The monoisotopic (exact) mass is 367 g/mol. The van der Waals surface area contributed by atoms with Crippen LogP contribution in [0, 0.1) is 11.3 Å². The van der Waals surface area contributed by atoms with Crippen LogP contribution in [0.4, 0.5) is 0 Å². The lowest BCUT2D eigenvalue weighted by Gasteiger charge is -2.13. The average molecular weight is 367 g/mol. The molecule has 0 saturated carbocycles. The Morgan fingerprint density at radius 2 is 1.86 bits per heavy atom. The molecule has 4 rings (SSSR count). The second-order valence-electron chi connectivity index (χ2n) is 6.75. The highest BCUT2D eigenvalue weighted by Gasteiger charge is 2.16. The fourth-order valence-corrected chi connectivity index (χ4v) is 3.33. The van der Waals surface area contributed by atoms with Gasteiger partial charge < -0.3 is 9.47 Å². The van der Waals surface area contributed by atoms with Crippen LogP contribution >= 0.6 is 0 Å². The zero-order chi connectivity index (χ0) is 19.2. The summed E-state index contributed by atoms with van der Waals surface area (Å²) >= 11 is 0. The Balaban J connectivity index is 1.55. The summed E-state index contributed by atoms with van der Waals surface area (Å²) in [5.74, 6) is 1.85. The van der Waals surface area contributed by atoms with Crippen LogP contribution in [0.5, 0.6) is 11.5 Å². The van der Waals surface area contributed by atoms with Gasteiger partial charge in [0.25, 0.3) is 0 Å². The third-order valence-corrected chi connectivity index (χ3v) is 4.83. The molecule has 1 heterocycles. The molecule has 138 valence electrons. The van der Waals surface area contributed by atoms with Crippen LogP contribution in [0.3, 0.4) is 0 Å². The highest BCUT2D eigenvalue weighted by Crippen LogP contribution is 2.34. The lowest BCUT2D eigenvalue weighted by Crippen LogP contribution is -1.99. The normalized spacial score (nSPS) is 12.4. The van der Waals surface area contributed by atoms with Crippen molar-refractivity contribution in [3.8, 4) is 17.6 Å². The van der Waals surface area contributed by atoms with Crippen molar-refractivity contribution in [2.45, 2.75) is 19.4 Å². The summed E-state index contributed by atoms with van der Waals surface area (Å²) in [6, 6.07) is 24.2. The largest absolute Gasteiger partial charge is 0.493 e. The van der Waals surface area contributed by atoms with Gasteiger partial charge in [-0.25, -0.2) is 0 Å². The minimum Gasteiger partial charge on any atom is -0.493 e. The van der Waals surface area contributed by atoms with Gasteiger partial charge in [-0.05, 0) is 35.7 Å². The minimum absolute atomic E-state index is 0.536. The molecule has 3 aromatic rings. The number of hydrogen-bond donors (Lipinski definition) is 0. The molecular weight excluding hydrogens is 346 g/mol. The fraction of sp³-hybridized carbons (Fsp3) is 0.160. The molecule has 1 aliphatic heterocycles. The zero-order valence-electron chi connectivity index (χ0n) is 15.6. The molecule has 1 aliphatic rings. The van der Waals surface area contributed by atoms with Gasteiger partial charge in [0.2, 0.25) is 0 Å². The van der Waals surface area contributed by atoms with Crippen molar-refractivity contribution in [3.63, 3.8) is 0 Å². The Bertz CT molecular complexity index is 1030. The Kier molecular flexibility index (Phi) is 5.40. The maximum Gasteiger partial charge on any atom is 0.123 e. The van der Waals surface area contributed by atoms with Gasteiger partial charge in [-0.1, -0.05) is 60.7 Å². The molecule has 0 spiro atoms. The molecular formula is C25H21NO2. The second-order valence-corrected chi connectivity index (χ2v) is 6.75. The van der Waals surface area contributed by atoms with Gasteiger partial charge in [0.1, 0.15) is 18.1 Å². The summed E-state index contributed by atoms with van der Waals surface area (Å²) in [4.78, 5) is 0. The maximum absolute atomic E-state index is 9.24. The van der Waals surface area contributed by atoms with Gasteiger partial charge in [-0.3, -0.25) is 0 Å². The van der Waals surface area contributed by atoms with Crippen molar-refractivity contribution in [2.24, 2.45) is 0 Å².